The number of carbonyl (C=O) groups excluding carboxylic acids is 1. The molecule has 0 amide bonds. The van der Waals surface area contributed by atoms with Crippen molar-refractivity contribution < 1.29 is 18.4 Å². The van der Waals surface area contributed by atoms with Crippen LogP contribution in [0.5, 0.6) is 0 Å². The minimum Gasteiger partial charge on any atom is -0.466 e. The standard InChI is InChI=1S/C9H18O4Si/c1-6-13-9(10)8(3)14(7-2,11-4)12-5/h7-8H,2,6H2,1,3-5H3. The lowest BCUT2D eigenvalue weighted by atomic mass is 10.5. The van der Waals surface area contributed by atoms with Gasteiger partial charge in [0, 0.05) is 14.2 Å². The minimum absolute atomic E-state index is 0.303. The molecule has 0 saturated carbocycles. The molecule has 0 N–H and O–H groups in total. The molecule has 0 heterocycles. The van der Waals surface area contributed by atoms with Crippen molar-refractivity contribution in [3.8, 4) is 0 Å². The van der Waals surface area contributed by atoms with Gasteiger partial charge in [0.05, 0.1) is 6.61 Å². The van der Waals surface area contributed by atoms with Gasteiger partial charge in [0.15, 0.2) is 0 Å². The first kappa shape index (κ1) is 13.3. The van der Waals surface area contributed by atoms with Gasteiger partial charge in [-0.05, 0) is 19.5 Å². The van der Waals surface area contributed by atoms with Gasteiger partial charge in [0.2, 0.25) is 0 Å². The Morgan fingerprint density at radius 1 is 1.50 bits per heavy atom. The van der Waals surface area contributed by atoms with E-state index in [1.807, 2.05) is 0 Å². The molecule has 0 saturated heterocycles. The molecule has 1 unspecified atom stereocenters. The van der Waals surface area contributed by atoms with E-state index in [4.69, 9.17) is 13.6 Å². The first-order valence-corrected chi connectivity index (χ1v) is 6.45. The molecule has 5 heteroatoms. The molecule has 1 atom stereocenters. The van der Waals surface area contributed by atoms with E-state index >= 15 is 0 Å². The zero-order chi connectivity index (χ0) is 11.2. The second-order valence-electron chi connectivity index (χ2n) is 2.81. The van der Waals surface area contributed by atoms with Gasteiger partial charge in [-0.3, -0.25) is 4.79 Å². The highest BCUT2D eigenvalue weighted by molar-refractivity contribution is 6.76. The molecule has 0 bridgehead atoms. The third kappa shape index (κ3) is 2.67. The van der Waals surface area contributed by atoms with Gasteiger partial charge >= 0.3 is 14.5 Å². The van der Waals surface area contributed by atoms with E-state index in [9.17, 15) is 4.79 Å². The Labute approximate surface area is 86.1 Å². The molecule has 0 aliphatic heterocycles. The summed E-state index contributed by atoms with van der Waals surface area (Å²) in [5, 5.41) is 0. The van der Waals surface area contributed by atoms with Crippen LogP contribution in [0.2, 0.25) is 5.54 Å². The Kier molecular flexibility index (Phi) is 5.67. The fraction of sp³-hybridized carbons (Fsp3) is 0.667. The summed E-state index contributed by atoms with van der Waals surface area (Å²) < 4.78 is 15.4. The Morgan fingerprint density at radius 3 is 2.29 bits per heavy atom. The van der Waals surface area contributed by atoms with Crippen LogP contribution in [0.15, 0.2) is 12.3 Å². The highest BCUT2D eigenvalue weighted by Gasteiger charge is 2.44. The molecule has 0 aromatic rings. The monoisotopic (exact) mass is 218 g/mol. The van der Waals surface area contributed by atoms with Crippen molar-refractivity contribution in [3.63, 3.8) is 0 Å². The topological polar surface area (TPSA) is 44.8 Å². The normalized spacial score (nSPS) is 13.4. The SMILES string of the molecule is C=C[Si](OC)(OC)C(C)C(=O)OCC. The molecule has 0 fully saturated rings. The van der Waals surface area contributed by atoms with Crippen molar-refractivity contribution in [1.82, 2.24) is 0 Å². The molecule has 82 valence electrons. The highest BCUT2D eigenvalue weighted by Crippen LogP contribution is 2.25. The lowest BCUT2D eigenvalue weighted by Gasteiger charge is -2.28. The van der Waals surface area contributed by atoms with Crippen LogP contribution in [0.4, 0.5) is 0 Å². The number of hydrogen-bond donors (Lipinski definition) is 0. The number of ether oxygens (including phenoxy) is 1. The average molecular weight is 218 g/mol. The van der Waals surface area contributed by atoms with E-state index in [0.717, 1.165) is 0 Å². The van der Waals surface area contributed by atoms with Crippen molar-refractivity contribution in [1.29, 1.82) is 0 Å². The van der Waals surface area contributed by atoms with Crippen LogP contribution in [-0.4, -0.2) is 35.4 Å². The van der Waals surface area contributed by atoms with Crippen LogP contribution < -0.4 is 0 Å². The number of hydrogen-bond acceptors (Lipinski definition) is 4. The predicted octanol–water partition coefficient (Wildman–Crippen LogP) is 1.40. The van der Waals surface area contributed by atoms with Crippen LogP contribution in [0.25, 0.3) is 0 Å². The van der Waals surface area contributed by atoms with Crippen molar-refractivity contribution in [2.45, 2.75) is 19.4 Å². The van der Waals surface area contributed by atoms with Crippen LogP contribution in [0.1, 0.15) is 13.8 Å². The zero-order valence-electron chi connectivity index (χ0n) is 9.20. The molecule has 0 aliphatic carbocycles. The number of rotatable bonds is 6. The maximum atomic E-state index is 11.5. The Morgan fingerprint density at radius 2 is 2.00 bits per heavy atom. The van der Waals surface area contributed by atoms with Crippen molar-refractivity contribution >= 4 is 14.5 Å². The summed E-state index contributed by atoms with van der Waals surface area (Å²) in [5.41, 5.74) is 1.18. The molecular formula is C9H18O4Si. The summed E-state index contributed by atoms with van der Waals surface area (Å²) in [4.78, 5) is 11.5. The lowest BCUT2D eigenvalue weighted by molar-refractivity contribution is -0.143. The van der Waals surface area contributed by atoms with Crippen LogP contribution in [0.3, 0.4) is 0 Å². The van der Waals surface area contributed by atoms with E-state index in [2.05, 4.69) is 6.58 Å². The van der Waals surface area contributed by atoms with Gasteiger partial charge in [-0.2, -0.15) is 0 Å². The smallest absolute Gasteiger partial charge is 0.378 e. The van der Waals surface area contributed by atoms with E-state index in [0.29, 0.717) is 6.61 Å². The van der Waals surface area contributed by atoms with Gasteiger partial charge < -0.3 is 13.6 Å². The van der Waals surface area contributed by atoms with E-state index in [1.54, 1.807) is 19.5 Å². The minimum atomic E-state index is -2.63. The summed E-state index contributed by atoms with van der Waals surface area (Å²) in [5.74, 6) is -0.303. The van der Waals surface area contributed by atoms with Crippen LogP contribution in [-0.2, 0) is 18.4 Å². The molecule has 0 aromatic heterocycles. The third-order valence-electron chi connectivity index (χ3n) is 2.17. The van der Waals surface area contributed by atoms with E-state index in [-0.39, 0.29) is 5.97 Å². The predicted molar refractivity (Wildman–Crippen MR) is 56.0 cm³/mol. The summed E-state index contributed by atoms with van der Waals surface area (Å²) >= 11 is 0. The molecule has 0 aromatic carbocycles. The second-order valence-corrected chi connectivity index (χ2v) is 6.34. The molecular weight excluding hydrogens is 200 g/mol. The summed E-state index contributed by atoms with van der Waals surface area (Å²) in [6.07, 6.45) is 0. The summed E-state index contributed by atoms with van der Waals surface area (Å²) in [7, 11) is 0.410. The Bertz CT molecular complexity index is 201. The zero-order valence-corrected chi connectivity index (χ0v) is 10.2. The molecule has 14 heavy (non-hydrogen) atoms. The Balaban J connectivity index is 4.66. The maximum Gasteiger partial charge on any atom is 0.378 e. The fourth-order valence-corrected chi connectivity index (χ4v) is 3.18. The first-order valence-electron chi connectivity index (χ1n) is 4.48. The lowest BCUT2D eigenvalue weighted by Crippen LogP contribution is -2.45. The molecule has 4 nitrogen and oxygen atoms in total. The Hall–Kier alpha value is -0.653. The van der Waals surface area contributed by atoms with Gasteiger partial charge in [-0.1, -0.05) is 0 Å². The van der Waals surface area contributed by atoms with Gasteiger partial charge in [-0.15, -0.1) is 6.58 Å². The van der Waals surface area contributed by atoms with Gasteiger partial charge in [0.25, 0.3) is 0 Å². The van der Waals surface area contributed by atoms with E-state index < -0.39 is 14.1 Å². The van der Waals surface area contributed by atoms with Crippen LogP contribution >= 0.6 is 0 Å². The molecule has 0 rings (SSSR count). The summed E-state index contributed by atoms with van der Waals surface area (Å²) in [6, 6.07) is 0. The van der Waals surface area contributed by atoms with E-state index in [1.165, 1.54) is 14.2 Å². The number of carbonyl (C=O) groups is 1. The first-order chi connectivity index (χ1) is 6.57. The van der Waals surface area contributed by atoms with Crippen LogP contribution in [0, 0.1) is 0 Å². The molecule has 0 aliphatic rings. The van der Waals surface area contributed by atoms with Gasteiger partial charge in [0.1, 0.15) is 5.54 Å². The quantitative estimate of drug-likeness (QED) is 0.499. The maximum absolute atomic E-state index is 11.5. The van der Waals surface area contributed by atoms with Crippen molar-refractivity contribution in [2.75, 3.05) is 20.8 Å². The largest absolute Gasteiger partial charge is 0.466 e. The number of esters is 1. The summed E-state index contributed by atoms with van der Waals surface area (Å²) in [6.45, 7) is 7.50. The fourth-order valence-electron chi connectivity index (χ4n) is 1.21. The third-order valence-corrected chi connectivity index (χ3v) is 5.45. The van der Waals surface area contributed by atoms with Gasteiger partial charge in [-0.25, -0.2) is 0 Å². The van der Waals surface area contributed by atoms with Crippen molar-refractivity contribution in [2.24, 2.45) is 0 Å². The molecule has 0 spiro atoms. The average Bonchev–Trinajstić information content (AvgIpc) is 2.21. The highest BCUT2D eigenvalue weighted by atomic mass is 28.4. The molecule has 0 radical (unpaired) electrons. The second kappa shape index (κ2) is 5.95. The van der Waals surface area contributed by atoms with Crippen molar-refractivity contribution in [3.05, 3.63) is 12.3 Å².